The second-order valence-electron chi connectivity index (χ2n) is 8.67. The van der Waals surface area contributed by atoms with Gasteiger partial charge in [0, 0.05) is 35.4 Å². The van der Waals surface area contributed by atoms with Crippen molar-refractivity contribution in [3.8, 4) is 11.6 Å². The maximum atomic E-state index is 14.3. The van der Waals surface area contributed by atoms with Gasteiger partial charge in [0.1, 0.15) is 23.1 Å². The third-order valence-electron chi connectivity index (χ3n) is 6.85. The Labute approximate surface area is 201 Å². The van der Waals surface area contributed by atoms with Crippen LogP contribution in [0.3, 0.4) is 0 Å². The van der Waals surface area contributed by atoms with Crippen LogP contribution in [0.5, 0.6) is 11.6 Å². The van der Waals surface area contributed by atoms with Crippen molar-refractivity contribution in [1.29, 1.82) is 0 Å². The Morgan fingerprint density at radius 3 is 2.44 bits per heavy atom. The van der Waals surface area contributed by atoms with Crippen molar-refractivity contribution in [2.75, 3.05) is 14.2 Å². The Kier molecular flexibility index (Phi) is 6.44. The molecule has 12 heteroatoms. The number of fused-ring (bicyclic) bond motifs is 1. The number of aromatic amines is 1. The number of halogens is 6. The molecule has 4 atom stereocenters. The number of rotatable bonds is 5. The number of hydrogen-bond donors (Lipinski definition) is 1. The van der Waals surface area contributed by atoms with Crippen LogP contribution in [0.25, 0.3) is 10.9 Å². The zero-order valence-electron chi connectivity index (χ0n) is 19.5. The Bertz CT molecular complexity index is 1360. The van der Waals surface area contributed by atoms with Crippen LogP contribution in [-0.2, 0) is 4.74 Å². The lowest BCUT2D eigenvalue weighted by atomic mass is 9.76. The summed E-state index contributed by atoms with van der Waals surface area (Å²) in [5, 5.41) is 0.0734. The SMILES string of the molecule is COc1c([C@H]2[C@H](c3cc(=O)c4c(OC)nccc4[nH]3)O[C@@](C)(C(F)(F)F)[C@H]2C)ccc(F)c1C(F)F. The van der Waals surface area contributed by atoms with E-state index >= 15 is 0 Å². The standard InChI is InChI=1S/C24H22F6N2O4/c1-10-16(11-5-6-12(25)17(21(26)27)19(11)34-3)20(36-23(10,2)24(28,29)30)14-9-15(33)18-13(32-14)7-8-31-22(18)35-4/h5-10,16,20-21H,1-4H3,(H,32,33)/t10-,16-,20-,23+/m0/s1. The van der Waals surface area contributed by atoms with Crippen LogP contribution in [-0.4, -0.2) is 36.0 Å². The minimum absolute atomic E-state index is 0.0134. The van der Waals surface area contributed by atoms with Gasteiger partial charge in [0.15, 0.2) is 11.0 Å². The Morgan fingerprint density at radius 1 is 1.17 bits per heavy atom. The molecule has 0 saturated carbocycles. The van der Waals surface area contributed by atoms with Crippen LogP contribution in [0, 0.1) is 11.7 Å². The van der Waals surface area contributed by atoms with E-state index in [9.17, 15) is 31.1 Å². The second-order valence-corrected chi connectivity index (χ2v) is 8.67. The molecular weight excluding hydrogens is 494 g/mol. The van der Waals surface area contributed by atoms with Crippen molar-refractivity contribution >= 4 is 10.9 Å². The van der Waals surface area contributed by atoms with E-state index in [1.807, 2.05) is 0 Å². The topological polar surface area (TPSA) is 73.4 Å². The molecule has 2 aromatic heterocycles. The molecule has 1 saturated heterocycles. The van der Waals surface area contributed by atoms with Gasteiger partial charge in [-0.2, -0.15) is 13.2 Å². The van der Waals surface area contributed by atoms with Gasteiger partial charge < -0.3 is 19.2 Å². The summed E-state index contributed by atoms with van der Waals surface area (Å²) in [4.78, 5) is 19.8. The number of pyridine rings is 2. The van der Waals surface area contributed by atoms with Crippen LogP contribution in [0.4, 0.5) is 26.3 Å². The van der Waals surface area contributed by atoms with Gasteiger partial charge in [-0.15, -0.1) is 0 Å². The molecular formula is C24H22F6N2O4. The zero-order valence-corrected chi connectivity index (χ0v) is 19.5. The summed E-state index contributed by atoms with van der Waals surface area (Å²) in [6.07, 6.45) is -8.25. The summed E-state index contributed by atoms with van der Waals surface area (Å²) in [5.41, 5.74) is -4.31. The van der Waals surface area contributed by atoms with Crippen molar-refractivity contribution in [3.63, 3.8) is 0 Å². The number of H-pyrrole nitrogens is 1. The van der Waals surface area contributed by atoms with Crippen LogP contribution in [0.15, 0.2) is 35.3 Å². The maximum Gasteiger partial charge on any atom is 0.417 e. The van der Waals surface area contributed by atoms with E-state index < -0.39 is 58.7 Å². The van der Waals surface area contributed by atoms with E-state index in [0.29, 0.717) is 0 Å². The third-order valence-corrected chi connectivity index (χ3v) is 6.85. The average molecular weight is 516 g/mol. The molecule has 6 nitrogen and oxygen atoms in total. The summed E-state index contributed by atoms with van der Waals surface area (Å²) in [6.45, 7) is 2.11. The Morgan fingerprint density at radius 2 is 1.86 bits per heavy atom. The molecule has 194 valence electrons. The molecule has 0 aliphatic carbocycles. The summed E-state index contributed by atoms with van der Waals surface area (Å²) in [6, 6.07) is 4.35. The number of hydrogen-bond acceptors (Lipinski definition) is 5. The molecule has 0 unspecified atom stereocenters. The van der Waals surface area contributed by atoms with Crippen LogP contribution in [0.1, 0.15) is 49.1 Å². The Hall–Kier alpha value is -3.28. The summed E-state index contributed by atoms with van der Waals surface area (Å²) >= 11 is 0. The largest absolute Gasteiger partial charge is 0.496 e. The molecule has 3 aromatic rings. The number of ether oxygens (including phenoxy) is 3. The molecule has 0 spiro atoms. The molecule has 1 fully saturated rings. The van der Waals surface area contributed by atoms with Gasteiger partial charge in [-0.05, 0) is 19.1 Å². The second kappa shape index (κ2) is 8.99. The molecule has 1 aromatic carbocycles. The quantitative estimate of drug-likeness (QED) is 0.432. The fraction of sp³-hybridized carbons (Fsp3) is 0.417. The maximum absolute atomic E-state index is 14.3. The van der Waals surface area contributed by atoms with Crippen molar-refractivity contribution < 1.29 is 40.6 Å². The minimum atomic E-state index is -4.86. The van der Waals surface area contributed by atoms with Crippen molar-refractivity contribution in [1.82, 2.24) is 9.97 Å². The first-order chi connectivity index (χ1) is 16.9. The molecule has 0 amide bonds. The van der Waals surface area contributed by atoms with E-state index in [-0.39, 0.29) is 28.0 Å². The number of alkyl halides is 5. The number of aromatic nitrogens is 2. The van der Waals surface area contributed by atoms with Gasteiger partial charge in [0.2, 0.25) is 5.88 Å². The van der Waals surface area contributed by atoms with Gasteiger partial charge in [-0.25, -0.2) is 18.2 Å². The van der Waals surface area contributed by atoms with Crippen LogP contribution < -0.4 is 14.9 Å². The first-order valence-electron chi connectivity index (χ1n) is 10.8. The van der Waals surface area contributed by atoms with E-state index in [0.717, 1.165) is 32.2 Å². The lowest BCUT2D eigenvalue weighted by Crippen LogP contribution is -2.46. The summed E-state index contributed by atoms with van der Waals surface area (Å²) in [7, 11) is 2.34. The minimum Gasteiger partial charge on any atom is -0.496 e. The lowest BCUT2D eigenvalue weighted by molar-refractivity contribution is -0.275. The van der Waals surface area contributed by atoms with E-state index in [1.165, 1.54) is 26.3 Å². The normalized spacial score (nSPS) is 24.5. The molecule has 36 heavy (non-hydrogen) atoms. The fourth-order valence-corrected chi connectivity index (χ4v) is 4.85. The molecule has 0 bridgehead atoms. The van der Waals surface area contributed by atoms with Crippen molar-refractivity contribution in [2.24, 2.45) is 5.92 Å². The fourth-order valence-electron chi connectivity index (χ4n) is 4.85. The smallest absolute Gasteiger partial charge is 0.417 e. The monoisotopic (exact) mass is 516 g/mol. The third kappa shape index (κ3) is 3.87. The number of nitrogens with zero attached hydrogens (tertiary/aromatic N) is 1. The zero-order chi connectivity index (χ0) is 26.6. The average Bonchev–Trinajstić information content (AvgIpc) is 3.09. The number of nitrogens with one attached hydrogen (secondary N) is 1. The molecule has 1 aliphatic rings. The Balaban J connectivity index is 1.99. The molecule has 1 aliphatic heterocycles. The number of methoxy groups -OCH3 is 2. The first kappa shape index (κ1) is 25.8. The van der Waals surface area contributed by atoms with E-state index in [2.05, 4.69) is 9.97 Å². The van der Waals surface area contributed by atoms with E-state index in [1.54, 1.807) is 0 Å². The highest BCUT2D eigenvalue weighted by molar-refractivity contribution is 5.83. The predicted molar refractivity (Wildman–Crippen MR) is 117 cm³/mol. The molecule has 0 radical (unpaired) electrons. The van der Waals surface area contributed by atoms with Crippen LogP contribution >= 0.6 is 0 Å². The highest BCUT2D eigenvalue weighted by Crippen LogP contribution is 2.59. The van der Waals surface area contributed by atoms with Gasteiger partial charge >= 0.3 is 6.18 Å². The first-order valence-corrected chi connectivity index (χ1v) is 10.8. The van der Waals surface area contributed by atoms with Gasteiger partial charge in [-0.3, -0.25) is 4.79 Å². The highest BCUT2D eigenvalue weighted by atomic mass is 19.4. The predicted octanol–water partition coefficient (Wildman–Crippen LogP) is 5.83. The summed E-state index contributed by atoms with van der Waals surface area (Å²) < 4.78 is 100. The number of benzene rings is 1. The molecule has 1 N–H and O–H groups in total. The van der Waals surface area contributed by atoms with E-state index in [4.69, 9.17) is 14.2 Å². The highest BCUT2D eigenvalue weighted by Gasteiger charge is 2.65. The van der Waals surface area contributed by atoms with Gasteiger partial charge in [0.05, 0.1) is 25.3 Å². The van der Waals surface area contributed by atoms with Crippen molar-refractivity contribution in [2.45, 2.75) is 44.1 Å². The molecule has 3 heterocycles. The molecule has 4 rings (SSSR count). The summed E-state index contributed by atoms with van der Waals surface area (Å²) in [5.74, 6) is -4.42. The van der Waals surface area contributed by atoms with Gasteiger partial charge in [-0.1, -0.05) is 13.0 Å². The lowest BCUT2D eigenvalue weighted by Gasteiger charge is -2.32. The van der Waals surface area contributed by atoms with Crippen LogP contribution in [0.2, 0.25) is 0 Å². The van der Waals surface area contributed by atoms with Gasteiger partial charge in [0.25, 0.3) is 6.43 Å². The van der Waals surface area contributed by atoms with Crippen molar-refractivity contribution in [3.05, 3.63) is 63.3 Å².